The van der Waals surface area contributed by atoms with Crippen molar-refractivity contribution < 1.29 is 12.8 Å². The summed E-state index contributed by atoms with van der Waals surface area (Å²) in [5.74, 6) is 0.729. The Morgan fingerprint density at radius 2 is 2.25 bits per heavy atom. The summed E-state index contributed by atoms with van der Waals surface area (Å²) in [5, 5.41) is -0.699. The Labute approximate surface area is 127 Å². The summed E-state index contributed by atoms with van der Waals surface area (Å²) >= 11 is 7.38. The minimum atomic E-state index is -3.25. The van der Waals surface area contributed by atoms with Crippen molar-refractivity contribution >= 4 is 44.6 Å². The van der Waals surface area contributed by atoms with E-state index in [-0.39, 0.29) is 16.5 Å². The van der Waals surface area contributed by atoms with Gasteiger partial charge in [0, 0.05) is 29.9 Å². The monoisotopic (exact) mass is 338 g/mol. The Morgan fingerprint density at radius 3 is 2.90 bits per heavy atom. The smallest absolute Gasteiger partial charge is 0.171 e. The van der Waals surface area contributed by atoms with Crippen LogP contribution in [0, 0.1) is 5.82 Å². The van der Waals surface area contributed by atoms with E-state index in [0.717, 1.165) is 11.8 Å². The fourth-order valence-corrected chi connectivity index (χ4v) is 5.29. The number of nitrogens with two attached hydrogens (primary N) is 1. The largest absolute Gasteiger partial charge is 0.397 e. The van der Waals surface area contributed by atoms with Crippen molar-refractivity contribution in [2.45, 2.75) is 12.3 Å². The molecule has 0 aliphatic carbocycles. The number of nitrogen functional groups attached to an aromatic ring is 1. The van der Waals surface area contributed by atoms with Gasteiger partial charge in [0.15, 0.2) is 9.84 Å². The number of rotatable bonds is 3. The molecule has 0 radical (unpaired) electrons. The van der Waals surface area contributed by atoms with Gasteiger partial charge >= 0.3 is 0 Å². The summed E-state index contributed by atoms with van der Waals surface area (Å²) in [4.78, 5) is 1.72. The van der Waals surface area contributed by atoms with Gasteiger partial charge in [-0.1, -0.05) is 18.5 Å². The summed E-state index contributed by atoms with van der Waals surface area (Å²) in [5.41, 5.74) is 6.51. The lowest BCUT2D eigenvalue weighted by Crippen LogP contribution is -2.48. The SMILES string of the molecule is CCS(=O)(=O)C1CSCCN1c1cc(Cl)c(F)cc1N. The van der Waals surface area contributed by atoms with Crippen LogP contribution in [0.15, 0.2) is 12.1 Å². The first-order chi connectivity index (χ1) is 9.36. The average Bonchev–Trinajstić information content (AvgIpc) is 2.43. The summed E-state index contributed by atoms with van der Waals surface area (Å²) in [6.45, 7) is 2.16. The van der Waals surface area contributed by atoms with Gasteiger partial charge < -0.3 is 10.6 Å². The minimum absolute atomic E-state index is 0.0555. The fourth-order valence-electron chi connectivity index (χ4n) is 2.15. The van der Waals surface area contributed by atoms with E-state index < -0.39 is 21.0 Å². The maximum absolute atomic E-state index is 13.4. The molecule has 2 N–H and O–H groups in total. The molecule has 1 aliphatic heterocycles. The standard InChI is InChI=1S/C12H16ClFN2O2S2/c1-2-20(17,18)12-7-19-4-3-16(12)11-5-8(13)9(14)6-10(11)15/h5-6,12H,2-4,7,15H2,1H3. The Kier molecular flexibility index (Phi) is 4.71. The first-order valence-electron chi connectivity index (χ1n) is 6.17. The van der Waals surface area contributed by atoms with Crippen LogP contribution in [0.4, 0.5) is 15.8 Å². The van der Waals surface area contributed by atoms with Crippen LogP contribution in [0.5, 0.6) is 0 Å². The molecule has 1 fully saturated rings. The molecule has 0 spiro atoms. The average molecular weight is 339 g/mol. The number of sulfone groups is 1. The fraction of sp³-hybridized carbons (Fsp3) is 0.500. The van der Waals surface area contributed by atoms with Crippen LogP contribution >= 0.6 is 23.4 Å². The van der Waals surface area contributed by atoms with Gasteiger partial charge in [-0.15, -0.1) is 0 Å². The number of hydrogen-bond acceptors (Lipinski definition) is 5. The Hall–Kier alpha value is -0.660. The summed E-state index contributed by atoms with van der Waals surface area (Å²) in [6, 6.07) is 2.54. The number of anilines is 2. The van der Waals surface area contributed by atoms with E-state index in [0.29, 0.717) is 18.0 Å². The molecule has 20 heavy (non-hydrogen) atoms. The molecule has 1 aliphatic rings. The highest BCUT2D eigenvalue weighted by Gasteiger charge is 2.34. The third-order valence-corrected chi connectivity index (χ3v) is 6.86. The Balaban J connectivity index is 2.46. The molecule has 1 heterocycles. The van der Waals surface area contributed by atoms with E-state index in [2.05, 4.69) is 0 Å². The predicted molar refractivity (Wildman–Crippen MR) is 83.7 cm³/mol. The molecule has 1 saturated heterocycles. The number of hydrogen-bond donors (Lipinski definition) is 1. The van der Waals surface area contributed by atoms with Crippen molar-refractivity contribution in [2.75, 3.05) is 34.4 Å². The molecule has 1 unspecified atom stereocenters. The highest BCUT2D eigenvalue weighted by molar-refractivity contribution is 8.01. The summed E-state index contributed by atoms with van der Waals surface area (Å²) in [6.07, 6.45) is 0. The van der Waals surface area contributed by atoms with Crippen LogP contribution in [0.25, 0.3) is 0 Å². The van der Waals surface area contributed by atoms with Crippen LogP contribution in [0.1, 0.15) is 6.92 Å². The number of thioether (sulfide) groups is 1. The lowest BCUT2D eigenvalue weighted by Gasteiger charge is -2.37. The molecule has 8 heteroatoms. The minimum Gasteiger partial charge on any atom is -0.397 e. The molecular formula is C12H16ClFN2O2S2. The maximum atomic E-state index is 13.4. The van der Waals surface area contributed by atoms with E-state index in [4.69, 9.17) is 17.3 Å². The maximum Gasteiger partial charge on any atom is 0.171 e. The van der Waals surface area contributed by atoms with Crippen LogP contribution in [0.2, 0.25) is 5.02 Å². The van der Waals surface area contributed by atoms with E-state index in [1.54, 1.807) is 23.6 Å². The van der Waals surface area contributed by atoms with Gasteiger partial charge in [-0.05, 0) is 6.07 Å². The lowest BCUT2D eigenvalue weighted by molar-refractivity contribution is 0.579. The molecule has 0 amide bonds. The zero-order valence-corrected chi connectivity index (χ0v) is 13.4. The topological polar surface area (TPSA) is 63.4 Å². The van der Waals surface area contributed by atoms with Crippen molar-refractivity contribution in [1.82, 2.24) is 0 Å². The molecule has 0 bridgehead atoms. The molecule has 1 atom stereocenters. The summed E-state index contributed by atoms with van der Waals surface area (Å²) < 4.78 is 37.8. The zero-order valence-electron chi connectivity index (χ0n) is 11.0. The van der Waals surface area contributed by atoms with Crippen LogP contribution in [-0.2, 0) is 9.84 Å². The van der Waals surface area contributed by atoms with E-state index in [9.17, 15) is 12.8 Å². The molecule has 1 aromatic rings. The molecule has 112 valence electrons. The van der Waals surface area contributed by atoms with Crippen LogP contribution in [-0.4, -0.2) is 37.6 Å². The first-order valence-corrected chi connectivity index (χ1v) is 9.42. The second-order valence-corrected chi connectivity index (χ2v) is 8.50. The van der Waals surface area contributed by atoms with E-state index in [1.165, 1.54) is 6.07 Å². The molecule has 1 aromatic carbocycles. The molecule has 2 rings (SSSR count). The van der Waals surface area contributed by atoms with Crippen molar-refractivity contribution in [3.05, 3.63) is 23.0 Å². The van der Waals surface area contributed by atoms with Gasteiger partial charge in [-0.2, -0.15) is 11.8 Å². The van der Waals surface area contributed by atoms with Crippen molar-refractivity contribution in [1.29, 1.82) is 0 Å². The van der Waals surface area contributed by atoms with Crippen LogP contribution < -0.4 is 10.6 Å². The van der Waals surface area contributed by atoms with Crippen molar-refractivity contribution in [2.24, 2.45) is 0 Å². The van der Waals surface area contributed by atoms with E-state index >= 15 is 0 Å². The highest BCUT2D eigenvalue weighted by atomic mass is 35.5. The van der Waals surface area contributed by atoms with Crippen molar-refractivity contribution in [3.8, 4) is 0 Å². The van der Waals surface area contributed by atoms with E-state index in [1.807, 2.05) is 0 Å². The molecular weight excluding hydrogens is 323 g/mol. The zero-order chi connectivity index (χ0) is 14.9. The Morgan fingerprint density at radius 1 is 1.55 bits per heavy atom. The summed E-state index contributed by atoms with van der Waals surface area (Å²) in [7, 11) is -3.25. The quantitative estimate of drug-likeness (QED) is 0.857. The second-order valence-electron chi connectivity index (χ2n) is 4.50. The third-order valence-electron chi connectivity index (χ3n) is 3.28. The van der Waals surface area contributed by atoms with Gasteiger partial charge in [0.2, 0.25) is 0 Å². The predicted octanol–water partition coefficient (Wildman–Crippen LogP) is 2.38. The normalized spacial score (nSPS) is 20.1. The molecule has 0 aromatic heterocycles. The van der Waals surface area contributed by atoms with Gasteiger partial charge in [-0.25, -0.2) is 12.8 Å². The van der Waals surface area contributed by atoms with Gasteiger partial charge in [0.05, 0.1) is 16.4 Å². The first kappa shape index (κ1) is 15.7. The Bertz CT molecular complexity index is 610. The molecule has 4 nitrogen and oxygen atoms in total. The lowest BCUT2D eigenvalue weighted by atomic mass is 10.2. The number of benzene rings is 1. The molecule has 0 saturated carbocycles. The highest BCUT2D eigenvalue weighted by Crippen LogP contribution is 2.34. The number of nitrogens with zero attached hydrogens (tertiary/aromatic N) is 1. The van der Waals surface area contributed by atoms with Crippen molar-refractivity contribution in [3.63, 3.8) is 0 Å². The van der Waals surface area contributed by atoms with Gasteiger partial charge in [0.1, 0.15) is 11.2 Å². The number of halogens is 2. The third kappa shape index (κ3) is 2.99. The van der Waals surface area contributed by atoms with Gasteiger partial charge in [0.25, 0.3) is 0 Å². The van der Waals surface area contributed by atoms with Gasteiger partial charge in [-0.3, -0.25) is 0 Å². The second kappa shape index (κ2) is 5.99. The van der Waals surface area contributed by atoms with Crippen LogP contribution in [0.3, 0.4) is 0 Å².